The highest BCUT2D eigenvalue weighted by molar-refractivity contribution is 8.00. The first-order chi connectivity index (χ1) is 21.9. The Balaban J connectivity index is 1.54. The average Bonchev–Trinajstić information content (AvgIpc) is 3.37. The van der Waals surface area contributed by atoms with Crippen LogP contribution in [0.3, 0.4) is 0 Å². The van der Waals surface area contributed by atoms with Gasteiger partial charge in [-0.05, 0) is 61.9 Å². The first-order valence-corrected chi connectivity index (χ1v) is 16.4. The number of hydrogen-bond donors (Lipinski definition) is 4. The van der Waals surface area contributed by atoms with Crippen molar-refractivity contribution in [3.8, 4) is 0 Å². The number of nitrogens with one attached hydrogen (secondary N) is 3. The summed E-state index contributed by atoms with van der Waals surface area (Å²) in [6, 6.07) is 19.0. The van der Waals surface area contributed by atoms with E-state index in [0.29, 0.717) is 6.54 Å². The molecule has 4 rings (SSSR count). The summed E-state index contributed by atoms with van der Waals surface area (Å²) in [5.41, 5.74) is 2.97. The summed E-state index contributed by atoms with van der Waals surface area (Å²) >= 11 is 1.45. The Hall–Kier alpha value is -4.22. The Morgan fingerprint density at radius 2 is 1.65 bits per heavy atom. The van der Waals surface area contributed by atoms with E-state index >= 15 is 0 Å². The highest BCUT2D eigenvalue weighted by atomic mass is 32.2. The highest BCUT2D eigenvalue weighted by Crippen LogP contribution is 2.40. The fraction of sp³-hybridized carbons (Fsp3) is 0.400. The predicted octanol–water partition coefficient (Wildman–Crippen LogP) is 3.23. The molecule has 4 N–H and O–H groups in total. The number of aromatic nitrogens is 1. The molecule has 0 bridgehead atoms. The molecule has 1 aliphatic heterocycles. The molecular weight excluding hydrogens is 602 g/mol. The number of aryl methyl sites for hydroxylation is 1. The Labute approximate surface area is 274 Å². The first-order valence-electron chi connectivity index (χ1n) is 15.4. The molecule has 0 saturated carbocycles. The molecule has 0 aliphatic carbocycles. The van der Waals surface area contributed by atoms with Gasteiger partial charge in [0, 0.05) is 17.5 Å². The average molecular weight is 646 g/mol. The van der Waals surface area contributed by atoms with Crippen molar-refractivity contribution >= 4 is 35.4 Å². The summed E-state index contributed by atoms with van der Waals surface area (Å²) in [6.07, 6.45) is -0.0251. The van der Waals surface area contributed by atoms with Gasteiger partial charge in [-0.1, -0.05) is 74.5 Å². The molecule has 11 heteroatoms. The number of thioether (sulfide) groups is 1. The van der Waals surface area contributed by atoms with Gasteiger partial charge in [0.1, 0.15) is 17.8 Å². The van der Waals surface area contributed by atoms with Crippen LogP contribution in [0, 0.1) is 12.8 Å². The second kappa shape index (κ2) is 15.4. The second-order valence-electron chi connectivity index (χ2n) is 12.4. The molecule has 46 heavy (non-hydrogen) atoms. The lowest BCUT2D eigenvalue weighted by molar-refractivity contribution is -0.148. The van der Waals surface area contributed by atoms with Gasteiger partial charge in [0.15, 0.2) is 6.10 Å². The Bertz CT molecular complexity index is 1520. The second-order valence-corrected chi connectivity index (χ2v) is 14.0. The smallest absolute Gasteiger partial charge is 0.270 e. The molecule has 4 amide bonds. The van der Waals surface area contributed by atoms with Crippen LogP contribution in [-0.4, -0.2) is 73.5 Å². The number of aliphatic hydroxyl groups excluding tert-OH is 1. The van der Waals surface area contributed by atoms with Crippen molar-refractivity contribution in [2.24, 2.45) is 5.92 Å². The van der Waals surface area contributed by atoms with E-state index in [1.54, 1.807) is 32.0 Å². The molecule has 2 heterocycles. The van der Waals surface area contributed by atoms with Gasteiger partial charge in [-0.25, -0.2) is 0 Å². The molecule has 0 spiro atoms. The van der Waals surface area contributed by atoms with Crippen LogP contribution in [0.4, 0.5) is 0 Å². The van der Waals surface area contributed by atoms with Gasteiger partial charge in [-0.2, -0.15) is 0 Å². The minimum Gasteiger partial charge on any atom is -0.381 e. The standard InChI is InChI=1S/C35H43N5O5S/c1-22(2)28(39-31(42)26-17-11-12-18-36-26)32(43)38-27(19-24-14-7-6-8-15-24)29(41)34(45)40-21-46-35(4,5)30(40)33(44)37-20-25-16-10-9-13-23(25)3/h6-18,22,27-30,41H,19-21H2,1-5H3,(H,37,44)(H,38,43)(H,39,42)/t27-,28?,29-,30?/m0/s1. The first kappa shape index (κ1) is 34.6. The van der Waals surface area contributed by atoms with Crippen molar-refractivity contribution in [2.45, 2.75) is 76.6 Å². The number of carbonyl (C=O) groups excluding carboxylic acids is 4. The number of hydrogen-bond acceptors (Lipinski definition) is 7. The van der Waals surface area contributed by atoms with Gasteiger partial charge in [-0.15, -0.1) is 11.8 Å². The molecule has 1 aliphatic rings. The zero-order chi connectivity index (χ0) is 33.4. The van der Waals surface area contributed by atoms with Crippen LogP contribution in [0.2, 0.25) is 0 Å². The largest absolute Gasteiger partial charge is 0.381 e. The normalized spacial score (nSPS) is 17.5. The van der Waals surface area contributed by atoms with E-state index in [9.17, 15) is 24.3 Å². The molecule has 244 valence electrons. The van der Waals surface area contributed by atoms with Gasteiger partial charge in [0.05, 0.1) is 11.9 Å². The molecule has 0 radical (unpaired) electrons. The van der Waals surface area contributed by atoms with Gasteiger partial charge in [0.2, 0.25) is 11.8 Å². The van der Waals surface area contributed by atoms with E-state index in [2.05, 4.69) is 20.9 Å². The summed E-state index contributed by atoms with van der Waals surface area (Å²) < 4.78 is -0.623. The molecule has 1 fully saturated rings. The van der Waals surface area contributed by atoms with Crippen molar-refractivity contribution < 1.29 is 24.3 Å². The Morgan fingerprint density at radius 1 is 0.978 bits per heavy atom. The fourth-order valence-corrected chi connectivity index (χ4v) is 6.61. The lowest BCUT2D eigenvalue weighted by Crippen LogP contribution is -2.60. The lowest BCUT2D eigenvalue weighted by Gasteiger charge is -2.34. The molecular formula is C35H43N5O5S. The van der Waals surface area contributed by atoms with Crippen LogP contribution in [0.5, 0.6) is 0 Å². The third-order valence-corrected chi connectivity index (χ3v) is 9.56. The van der Waals surface area contributed by atoms with Crippen LogP contribution in [0.25, 0.3) is 0 Å². The lowest BCUT2D eigenvalue weighted by atomic mass is 9.96. The van der Waals surface area contributed by atoms with Crippen molar-refractivity contribution in [2.75, 3.05) is 5.88 Å². The SMILES string of the molecule is Cc1ccccc1CNC(=O)C1N(C(=O)[C@@H](O)[C@H](Cc2ccccc2)NC(=O)C(NC(=O)c2ccccn2)C(C)C)CSC1(C)C. The van der Waals surface area contributed by atoms with E-state index in [1.807, 2.05) is 75.4 Å². The van der Waals surface area contributed by atoms with E-state index in [4.69, 9.17) is 0 Å². The third kappa shape index (κ3) is 8.52. The molecule has 1 saturated heterocycles. The van der Waals surface area contributed by atoms with E-state index in [1.165, 1.54) is 22.9 Å². The molecule has 4 atom stereocenters. The summed E-state index contributed by atoms with van der Waals surface area (Å²) in [7, 11) is 0. The number of nitrogens with zero attached hydrogens (tertiary/aromatic N) is 2. The fourth-order valence-electron chi connectivity index (χ4n) is 5.47. The summed E-state index contributed by atoms with van der Waals surface area (Å²) in [5.74, 6) is -2.15. The van der Waals surface area contributed by atoms with Crippen LogP contribution in [0.15, 0.2) is 79.0 Å². The molecule has 2 aromatic carbocycles. The monoisotopic (exact) mass is 645 g/mol. The number of carbonyl (C=O) groups is 4. The van der Waals surface area contributed by atoms with Crippen LogP contribution < -0.4 is 16.0 Å². The van der Waals surface area contributed by atoms with E-state index < -0.39 is 46.7 Å². The van der Waals surface area contributed by atoms with Crippen LogP contribution in [0.1, 0.15) is 54.9 Å². The van der Waals surface area contributed by atoms with Crippen molar-refractivity contribution in [1.82, 2.24) is 25.8 Å². The maximum atomic E-state index is 14.0. The summed E-state index contributed by atoms with van der Waals surface area (Å²) in [6.45, 7) is 9.66. The molecule has 1 aromatic heterocycles. The Kier molecular flexibility index (Phi) is 11.6. The van der Waals surface area contributed by atoms with E-state index in [0.717, 1.165) is 16.7 Å². The van der Waals surface area contributed by atoms with Crippen LogP contribution in [-0.2, 0) is 27.3 Å². The third-order valence-electron chi connectivity index (χ3n) is 8.19. The van der Waals surface area contributed by atoms with Gasteiger partial charge in [0.25, 0.3) is 11.8 Å². The quantitative estimate of drug-likeness (QED) is 0.237. The molecule has 3 aromatic rings. The number of pyridine rings is 1. The zero-order valence-corrected chi connectivity index (χ0v) is 27.7. The predicted molar refractivity (Wildman–Crippen MR) is 179 cm³/mol. The molecule has 10 nitrogen and oxygen atoms in total. The van der Waals surface area contributed by atoms with Crippen molar-refractivity contribution in [3.63, 3.8) is 0 Å². The van der Waals surface area contributed by atoms with Gasteiger partial charge in [-0.3, -0.25) is 24.2 Å². The number of benzene rings is 2. The zero-order valence-electron chi connectivity index (χ0n) is 26.9. The maximum absolute atomic E-state index is 14.0. The molecule has 2 unspecified atom stereocenters. The van der Waals surface area contributed by atoms with Crippen molar-refractivity contribution in [3.05, 3.63) is 101 Å². The topological polar surface area (TPSA) is 141 Å². The Morgan fingerprint density at radius 3 is 2.30 bits per heavy atom. The number of amides is 4. The highest BCUT2D eigenvalue weighted by Gasteiger charge is 2.50. The van der Waals surface area contributed by atoms with E-state index in [-0.39, 0.29) is 29.8 Å². The maximum Gasteiger partial charge on any atom is 0.270 e. The number of rotatable bonds is 12. The summed E-state index contributed by atoms with van der Waals surface area (Å²) in [5, 5.41) is 20.2. The minimum absolute atomic E-state index is 0.146. The van der Waals surface area contributed by atoms with Gasteiger partial charge < -0.3 is 26.0 Å². The van der Waals surface area contributed by atoms with Crippen molar-refractivity contribution in [1.29, 1.82) is 0 Å². The van der Waals surface area contributed by atoms with Crippen LogP contribution >= 0.6 is 11.8 Å². The van der Waals surface area contributed by atoms with Gasteiger partial charge >= 0.3 is 0 Å². The minimum atomic E-state index is -1.66. The number of aliphatic hydroxyl groups is 1. The summed E-state index contributed by atoms with van der Waals surface area (Å²) in [4.78, 5) is 59.6.